The number of aryl methyl sites for hydroxylation is 1. The molecule has 3 rings (SSSR count). The van der Waals surface area contributed by atoms with Crippen LogP contribution in [0.1, 0.15) is 23.5 Å². The molecule has 10 heteroatoms. The normalized spacial score (nSPS) is 18.1. The van der Waals surface area contributed by atoms with E-state index in [4.69, 9.17) is 0 Å². The molecule has 1 atom stereocenters. The van der Waals surface area contributed by atoms with Crippen molar-refractivity contribution in [2.45, 2.75) is 31.8 Å². The smallest absolute Gasteiger partial charge is 0.237 e. The van der Waals surface area contributed by atoms with Crippen molar-refractivity contribution < 1.29 is 9.59 Å². The zero-order valence-electron chi connectivity index (χ0n) is 13.8. The molecular formula is C15H21N7O2S. The van der Waals surface area contributed by atoms with Gasteiger partial charge in [0.25, 0.3) is 0 Å². The summed E-state index contributed by atoms with van der Waals surface area (Å²) in [4.78, 5) is 27.7. The van der Waals surface area contributed by atoms with Crippen LogP contribution in [0.3, 0.4) is 0 Å². The highest BCUT2D eigenvalue weighted by Crippen LogP contribution is 2.17. The first-order valence-corrected chi connectivity index (χ1v) is 9.13. The van der Waals surface area contributed by atoms with Gasteiger partial charge < -0.3 is 10.6 Å². The number of carbonyl (C=O) groups excluding carboxylic acids is 2. The Hall–Kier alpha value is -2.33. The Balaban J connectivity index is 1.46. The van der Waals surface area contributed by atoms with Crippen LogP contribution in [0, 0.1) is 0 Å². The molecule has 1 aliphatic rings. The molecule has 0 spiro atoms. The quantitative estimate of drug-likeness (QED) is 0.555. The van der Waals surface area contributed by atoms with Crippen LogP contribution < -0.4 is 10.6 Å². The molecule has 1 saturated heterocycles. The number of piperazine rings is 1. The van der Waals surface area contributed by atoms with Crippen molar-refractivity contribution in [3.63, 3.8) is 0 Å². The van der Waals surface area contributed by atoms with Crippen LogP contribution in [0.15, 0.2) is 17.5 Å². The molecule has 2 aromatic heterocycles. The van der Waals surface area contributed by atoms with Crippen LogP contribution in [0.2, 0.25) is 0 Å². The van der Waals surface area contributed by atoms with Crippen LogP contribution in [-0.2, 0) is 22.6 Å². The predicted octanol–water partition coefficient (Wildman–Crippen LogP) is -0.299. The Labute approximate surface area is 149 Å². The zero-order valence-corrected chi connectivity index (χ0v) is 14.6. The number of rotatable bonds is 8. The summed E-state index contributed by atoms with van der Waals surface area (Å²) in [5.41, 5.74) is 0. The molecule has 0 aliphatic carbocycles. The summed E-state index contributed by atoms with van der Waals surface area (Å²) < 4.78 is 0. The SMILES string of the molecule is O=C(CC1C(=O)NCCN1Cc1cccs1)NCCCc1nn[nH]n1. The standard InChI is InChI=1S/C15H21N7O2S/c23-14(16-5-1-4-13-18-20-21-19-13)9-12-15(24)17-6-7-22(12)10-11-3-2-8-25-11/h2-3,8,12H,1,4-7,9-10H2,(H,16,23)(H,17,24)(H,18,19,20,21). The van der Waals surface area contributed by atoms with Gasteiger partial charge in [0.15, 0.2) is 5.82 Å². The lowest BCUT2D eigenvalue weighted by atomic mass is 10.1. The third-order valence-electron chi connectivity index (χ3n) is 4.05. The van der Waals surface area contributed by atoms with Gasteiger partial charge in [0.1, 0.15) is 0 Å². The van der Waals surface area contributed by atoms with Gasteiger partial charge in [-0.05, 0) is 17.9 Å². The van der Waals surface area contributed by atoms with Gasteiger partial charge in [-0.3, -0.25) is 14.5 Å². The minimum atomic E-state index is -0.423. The summed E-state index contributed by atoms with van der Waals surface area (Å²) in [5.74, 6) is 0.430. The maximum absolute atomic E-state index is 12.2. The van der Waals surface area contributed by atoms with Gasteiger partial charge in [-0.2, -0.15) is 5.21 Å². The highest BCUT2D eigenvalue weighted by molar-refractivity contribution is 7.09. The number of tetrazole rings is 1. The molecule has 0 radical (unpaired) electrons. The van der Waals surface area contributed by atoms with Crippen LogP contribution in [0.4, 0.5) is 0 Å². The molecule has 1 unspecified atom stereocenters. The lowest BCUT2D eigenvalue weighted by molar-refractivity contribution is -0.134. The molecule has 134 valence electrons. The van der Waals surface area contributed by atoms with Crippen molar-refractivity contribution in [2.24, 2.45) is 0 Å². The molecule has 9 nitrogen and oxygen atoms in total. The van der Waals surface area contributed by atoms with Gasteiger partial charge in [0.05, 0.1) is 12.5 Å². The largest absolute Gasteiger partial charge is 0.356 e. The Bertz CT molecular complexity index is 674. The van der Waals surface area contributed by atoms with E-state index in [1.165, 1.54) is 4.88 Å². The van der Waals surface area contributed by atoms with E-state index in [2.05, 4.69) is 36.2 Å². The van der Waals surface area contributed by atoms with Crippen LogP contribution >= 0.6 is 11.3 Å². The van der Waals surface area contributed by atoms with Crippen LogP contribution in [0.25, 0.3) is 0 Å². The summed E-state index contributed by atoms with van der Waals surface area (Å²) in [7, 11) is 0. The van der Waals surface area contributed by atoms with Crippen molar-refractivity contribution in [2.75, 3.05) is 19.6 Å². The number of nitrogens with zero attached hydrogens (tertiary/aromatic N) is 4. The Morgan fingerprint density at radius 1 is 1.48 bits per heavy atom. The van der Waals surface area contributed by atoms with Gasteiger partial charge in [-0.15, -0.1) is 21.5 Å². The van der Waals surface area contributed by atoms with Crippen LogP contribution in [-0.4, -0.2) is 63.0 Å². The highest BCUT2D eigenvalue weighted by atomic mass is 32.1. The van der Waals surface area contributed by atoms with Crippen LogP contribution in [0.5, 0.6) is 0 Å². The minimum absolute atomic E-state index is 0.0789. The molecule has 3 N–H and O–H groups in total. The van der Waals surface area contributed by atoms with Gasteiger partial charge >= 0.3 is 0 Å². The highest BCUT2D eigenvalue weighted by Gasteiger charge is 2.31. The van der Waals surface area contributed by atoms with Crippen molar-refractivity contribution >= 4 is 23.2 Å². The van der Waals surface area contributed by atoms with Crippen molar-refractivity contribution in [1.82, 2.24) is 36.2 Å². The number of hydrogen-bond donors (Lipinski definition) is 3. The van der Waals surface area contributed by atoms with Gasteiger partial charge in [-0.1, -0.05) is 11.3 Å². The second-order valence-electron chi connectivity index (χ2n) is 5.84. The number of hydrogen-bond acceptors (Lipinski definition) is 7. The van der Waals surface area contributed by atoms with E-state index >= 15 is 0 Å². The number of H-pyrrole nitrogens is 1. The van der Waals surface area contributed by atoms with E-state index < -0.39 is 6.04 Å². The van der Waals surface area contributed by atoms with E-state index in [1.54, 1.807) is 11.3 Å². The topological polar surface area (TPSA) is 116 Å². The van der Waals surface area contributed by atoms with E-state index in [0.29, 0.717) is 31.9 Å². The van der Waals surface area contributed by atoms with E-state index in [0.717, 1.165) is 13.0 Å². The number of nitrogens with one attached hydrogen (secondary N) is 3. The zero-order chi connectivity index (χ0) is 17.5. The van der Waals surface area contributed by atoms with E-state index in [1.807, 2.05) is 17.5 Å². The van der Waals surface area contributed by atoms with E-state index in [9.17, 15) is 9.59 Å². The average molecular weight is 363 g/mol. The molecule has 0 aromatic carbocycles. The van der Waals surface area contributed by atoms with Gasteiger partial charge in [0, 0.05) is 37.5 Å². The minimum Gasteiger partial charge on any atom is -0.356 e. The summed E-state index contributed by atoms with van der Waals surface area (Å²) in [6, 6.07) is 3.62. The number of aromatic nitrogens is 4. The molecule has 1 aliphatic heterocycles. The third-order valence-corrected chi connectivity index (χ3v) is 4.91. The molecule has 25 heavy (non-hydrogen) atoms. The van der Waals surface area contributed by atoms with Crippen molar-refractivity contribution in [3.05, 3.63) is 28.2 Å². The molecule has 2 amide bonds. The summed E-state index contributed by atoms with van der Waals surface area (Å²) in [6.07, 6.45) is 1.53. The first kappa shape index (κ1) is 17.5. The van der Waals surface area contributed by atoms with Gasteiger partial charge in [-0.25, -0.2) is 0 Å². The van der Waals surface area contributed by atoms with E-state index in [-0.39, 0.29) is 18.2 Å². The Kier molecular flexibility index (Phi) is 6.07. The maximum Gasteiger partial charge on any atom is 0.237 e. The average Bonchev–Trinajstić information content (AvgIpc) is 3.28. The second kappa shape index (κ2) is 8.67. The first-order chi connectivity index (χ1) is 12.2. The summed E-state index contributed by atoms with van der Waals surface area (Å²) in [5, 5.41) is 21.3. The van der Waals surface area contributed by atoms with Crippen molar-refractivity contribution in [3.8, 4) is 0 Å². The molecule has 0 bridgehead atoms. The monoisotopic (exact) mass is 363 g/mol. The predicted molar refractivity (Wildman–Crippen MR) is 91.7 cm³/mol. The second-order valence-corrected chi connectivity index (χ2v) is 6.87. The fraction of sp³-hybridized carbons (Fsp3) is 0.533. The maximum atomic E-state index is 12.2. The first-order valence-electron chi connectivity index (χ1n) is 8.25. The Morgan fingerprint density at radius 3 is 3.16 bits per heavy atom. The summed E-state index contributed by atoms with van der Waals surface area (Å²) in [6.45, 7) is 2.58. The van der Waals surface area contributed by atoms with Gasteiger partial charge in [0.2, 0.25) is 11.8 Å². The molecule has 2 aromatic rings. The summed E-state index contributed by atoms with van der Waals surface area (Å²) >= 11 is 1.66. The number of aromatic amines is 1. The molecule has 1 fully saturated rings. The lowest BCUT2D eigenvalue weighted by Crippen LogP contribution is -2.56. The fourth-order valence-electron chi connectivity index (χ4n) is 2.79. The molecule has 0 saturated carbocycles. The Morgan fingerprint density at radius 2 is 2.40 bits per heavy atom. The number of amides is 2. The fourth-order valence-corrected chi connectivity index (χ4v) is 3.52. The van der Waals surface area contributed by atoms with Crippen molar-refractivity contribution in [1.29, 1.82) is 0 Å². The number of thiophene rings is 1. The number of carbonyl (C=O) groups is 2. The third kappa shape index (κ3) is 5.07. The molecular weight excluding hydrogens is 342 g/mol. The lowest BCUT2D eigenvalue weighted by Gasteiger charge is -2.34. The molecule has 3 heterocycles.